The largest absolute Gasteiger partial charge is 0.356 e. The van der Waals surface area contributed by atoms with Gasteiger partial charge in [0.05, 0.1) is 12.0 Å². The zero-order chi connectivity index (χ0) is 18.2. The van der Waals surface area contributed by atoms with E-state index >= 15 is 0 Å². The van der Waals surface area contributed by atoms with E-state index in [1.54, 1.807) is 42.6 Å². The van der Waals surface area contributed by atoms with Crippen molar-refractivity contribution in [3.63, 3.8) is 0 Å². The Balaban J connectivity index is 0.00000261. The third kappa shape index (κ3) is 6.05. The van der Waals surface area contributed by atoms with Crippen LogP contribution in [0.5, 0.6) is 0 Å². The minimum Gasteiger partial charge on any atom is -0.356 e. The maximum atomic E-state index is 14.3. The van der Waals surface area contributed by atoms with E-state index in [2.05, 4.69) is 25.7 Å². The summed E-state index contributed by atoms with van der Waals surface area (Å²) in [5.74, 6) is 0.397. The number of nitrogens with one attached hydrogen (secondary N) is 2. The number of hydrogen-bond acceptors (Lipinski definition) is 3. The van der Waals surface area contributed by atoms with Crippen molar-refractivity contribution in [3.05, 3.63) is 66.8 Å². The van der Waals surface area contributed by atoms with Crippen molar-refractivity contribution >= 4 is 29.9 Å². The predicted molar refractivity (Wildman–Crippen MR) is 114 cm³/mol. The van der Waals surface area contributed by atoms with Gasteiger partial charge in [0, 0.05) is 51.5 Å². The van der Waals surface area contributed by atoms with E-state index in [-0.39, 0.29) is 29.8 Å². The van der Waals surface area contributed by atoms with Crippen LogP contribution in [0.25, 0.3) is 5.69 Å². The molecule has 2 aromatic heterocycles. The zero-order valence-corrected chi connectivity index (χ0v) is 17.4. The summed E-state index contributed by atoms with van der Waals surface area (Å²) in [6.07, 6.45) is 9.55. The minimum absolute atomic E-state index is 0. The number of rotatable bonds is 7. The first-order valence-electron chi connectivity index (χ1n) is 8.45. The number of benzene rings is 1. The number of halogens is 2. The Morgan fingerprint density at radius 2 is 2.11 bits per heavy atom. The van der Waals surface area contributed by atoms with Crippen LogP contribution in [0.3, 0.4) is 0 Å². The number of aryl methyl sites for hydroxylation is 1. The lowest BCUT2D eigenvalue weighted by atomic mass is 10.2. The van der Waals surface area contributed by atoms with Gasteiger partial charge in [-0.25, -0.2) is 9.37 Å². The third-order valence-corrected chi connectivity index (χ3v) is 3.89. The van der Waals surface area contributed by atoms with Gasteiger partial charge < -0.3 is 15.2 Å². The summed E-state index contributed by atoms with van der Waals surface area (Å²) < 4.78 is 17.8. The first-order chi connectivity index (χ1) is 12.8. The molecule has 3 rings (SSSR count). The first kappa shape index (κ1) is 20.9. The molecule has 0 amide bonds. The quantitative estimate of drug-likeness (QED) is 0.235. The fourth-order valence-corrected chi connectivity index (χ4v) is 2.56. The fraction of sp³-hybridized carbons (Fsp3) is 0.278. The van der Waals surface area contributed by atoms with Gasteiger partial charge in [-0.2, -0.15) is 5.10 Å². The summed E-state index contributed by atoms with van der Waals surface area (Å²) in [6, 6.07) is 7.06. The molecule has 0 fully saturated rings. The van der Waals surface area contributed by atoms with Gasteiger partial charge in [0.1, 0.15) is 5.82 Å². The van der Waals surface area contributed by atoms with Crippen molar-refractivity contribution in [2.45, 2.75) is 19.5 Å². The van der Waals surface area contributed by atoms with Gasteiger partial charge in [-0.1, -0.05) is 6.07 Å². The van der Waals surface area contributed by atoms with Gasteiger partial charge in [-0.3, -0.25) is 9.67 Å². The zero-order valence-electron chi connectivity index (χ0n) is 15.0. The molecule has 3 aromatic rings. The van der Waals surface area contributed by atoms with Crippen LogP contribution in [-0.4, -0.2) is 38.9 Å². The summed E-state index contributed by atoms with van der Waals surface area (Å²) in [5.41, 5.74) is 1.32. The molecule has 9 heteroatoms. The van der Waals surface area contributed by atoms with E-state index in [0.29, 0.717) is 18.2 Å². The highest BCUT2D eigenvalue weighted by atomic mass is 127. The molecule has 0 unspecified atom stereocenters. The number of nitrogens with zero attached hydrogens (tertiary/aromatic N) is 5. The maximum absolute atomic E-state index is 14.3. The van der Waals surface area contributed by atoms with Crippen molar-refractivity contribution in [2.24, 2.45) is 4.99 Å². The standard InChI is InChI=1S/C18H22FN7.HI/c1-20-18(22-6-2-9-26-10-3-7-24-26)23-13-15-4-5-17(16(19)12-15)25-11-8-21-14-25;/h3-5,7-8,10-12,14H,2,6,9,13H2,1H3,(H2,20,22,23);1H. The molecule has 2 heterocycles. The van der Waals surface area contributed by atoms with E-state index < -0.39 is 0 Å². The highest BCUT2D eigenvalue weighted by molar-refractivity contribution is 14.0. The smallest absolute Gasteiger partial charge is 0.191 e. The summed E-state index contributed by atoms with van der Waals surface area (Å²) in [4.78, 5) is 8.12. The number of hydrogen-bond donors (Lipinski definition) is 2. The molecule has 144 valence electrons. The average Bonchev–Trinajstić information content (AvgIpc) is 3.35. The van der Waals surface area contributed by atoms with Crippen molar-refractivity contribution in [1.29, 1.82) is 0 Å². The maximum Gasteiger partial charge on any atom is 0.191 e. The van der Waals surface area contributed by atoms with E-state index in [0.717, 1.165) is 25.1 Å². The molecule has 0 aliphatic rings. The Morgan fingerprint density at radius 1 is 1.22 bits per heavy atom. The van der Waals surface area contributed by atoms with Gasteiger partial charge in [0.2, 0.25) is 0 Å². The molecule has 0 saturated heterocycles. The highest BCUT2D eigenvalue weighted by Gasteiger charge is 2.06. The predicted octanol–water partition coefficient (Wildman–Crippen LogP) is 2.58. The van der Waals surface area contributed by atoms with Gasteiger partial charge >= 0.3 is 0 Å². The number of aliphatic imine (C=N–C) groups is 1. The second-order valence-corrected chi connectivity index (χ2v) is 5.73. The molecule has 0 aliphatic carbocycles. The SMILES string of the molecule is CN=C(NCCCn1cccn1)NCc1ccc(-n2ccnc2)c(F)c1.I. The first-order valence-corrected chi connectivity index (χ1v) is 8.45. The van der Waals surface area contributed by atoms with Crippen LogP contribution < -0.4 is 10.6 Å². The Bertz CT molecular complexity index is 832. The molecule has 0 radical (unpaired) electrons. The molecule has 1 aromatic carbocycles. The molecule has 0 aliphatic heterocycles. The van der Waals surface area contributed by atoms with E-state index in [4.69, 9.17) is 0 Å². The van der Waals surface area contributed by atoms with E-state index in [9.17, 15) is 4.39 Å². The molecular weight excluding hydrogens is 460 g/mol. The van der Waals surface area contributed by atoms with Crippen molar-refractivity contribution in [2.75, 3.05) is 13.6 Å². The number of aromatic nitrogens is 4. The van der Waals surface area contributed by atoms with E-state index in [1.807, 2.05) is 23.0 Å². The molecule has 7 nitrogen and oxygen atoms in total. The van der Waals surface area contributed by atoms with Crippen molar-refractivity contribution in [1.82, 2.24) is 30.0 Å². The Morgan fingerprint density at radius 3 is 2.78 bits per heavy atom. The van der Waals surface area contributed by atoms with Crippen molar-refractivity contribution in [3.8, 4) is 5.69 Å². The molecule has 0 bridgehead atoms. The third-order valence-electron chi connectivity index (χ3n) is 3.89. The van der Waals surface area contributed by atoms with Crippen LogP contribution in [0.15, 0.2) is 60.4 Å². The summed E-state index contributed by atoms with van der Waals surface area (Å²) in [5, 5.41) is 10.6. The Hall–Kier alpha value is -2.43. The van der Waals surface area contributed by atoms with Crippen LogP contribution in [-0.2, 0) is 13.1 Å². The molecular formula is C18H23FIN7. The number of guanidine groups is 1. The fourth-order valence-electron chi connectivity index (χ4n) is 2.56. The Kier molecular flexibility index (Phi) is 8.24. The van der Waals surface area contributed by atoms with Crippen LogP contribution in [0, 0.1) is 5.82 Å². The van der Waals surface area contributed by atoms with Crippen LogP contribution in [0.4, 0.5) is 4.39 Å². The molecule has 27 heavy (non-hydrogen) atoms. The van der Waals surface area contributed by atoms with Gasteiger partial charge in [-0.15, -0.1) is 24.0 Å². The number of imidazole rings is 1. The lowest BCUT2D eigenvalue weighted by Gasteiger charge is -2.13. The average molecular weight is 483 g/mol. The lowest BCUT2D eigenvalue weighted by Crippen LogP contribution is -2.37. The normalized spacial score (nSPS) is 11.1. The minimum atomic E-state index is -0.288. The molecule has 2 N–H and O–H groups in total. The second kappa shape index (κ2) is 10.7. The van der Waals surface area contributed by atoms with Crippen LogP contribution in [0.2, 0.25) is 0 Å². The van der Waals surface area contributed by atoms with Gasteiger partial charge in [0.15, 0.2) is 5.96 Å². The van der Waals surface area contributed by atoms with Crippen LogP contribution >= 0.6 is 24.0 Å². The monoisotopic (exact) mass is 483 g/mol. The molecule has 0 saturated carbocycles. The lowest BCUT2D eigenvalue weighted by molar-refractivity contribution is 0.570. The van der Waals surface area contributed by atoms with Gasteiger partial charge in [0.25, 0.3) is 0 Å². The second-order valence-electron chi connectivity index (χ2n) is 5.73. The van der Waals surface area contributed by atoms with Gasteiger partial charge in [-0.05, 0) is 30.2 Å². The summed E-state index contributed by atoms with van der Waals surface area (Å²) in [7, 11) is 1.71. The van der Waals surface area contributed by atoms with Crippen molar-refractivity contribution < 1.29 is 4.39 Å². The Labute approximate surface area is 174 Å². The topological polar surface area (TPSA) is 72.1 Å². The van der Waals surface area contributed by atoms with E-state index in [1.165, 1.54) is 6.07 Å². The highest BCUT2D eigenvalue weighted by Crippen LogP contribution is 2.14. The summed E-state index contributed by atoms with van der Waals surface area (Å²) in [6.45, 7) is 2.10. The summed E-state index contributed by atoms with van der Waals surface area (Å²) >= 11 is 0. The molecule has 0 atom stereocenters. The molecule has 0 spiro atoms. The van der Waals surface area contributed by atoms with Crippen LogP contribution in [0.1, 0.15) is 12.0 Å².